The number of carbonyl (C=O) groups is 1. The summed E-state index contributed by atoms with van der Waals surface area (Å²) in [7, 11) is -3.60. The summed E-state index contributed by atoms with van der Waals surface area (Å²) in [5, 5.41) is 8.94. The van der Waals surface area contributed by atoms with E-state index in [4.69, 9.17) is 9.84 Å². The van der Waals surface area contributed by atoms with Gasteiger partial charge in [-0.25, -0.2) is 8.42 Å². The van der Waals surface area contributed by atoms with Crippen molar-refractivity contribution in [1.29, 1.82) is 0 Å². The maximum absolute atomic E-state index is 13.7. The summed E-state index contributed by atoms with van der Waals surface area (Å²) < 4.78 is 33.1. The molecule has 8 heteroatoms. The van der Waals surface area contributed by atoms with E-state index in [0.717, 1.165) is 29.8 Å². The van der Waals surface area contributed by atoms with Crippen molar-refractivity contribution in [3.8, 4) is 5.75 Å². The Kier molecular flexibility index (Phi) is 7.77. The Hall–Kier alpha value is -2.19. The quantitative estimate of drug-likeness (QED) is 0.485. The minimum atomic E-state index is -3.60. The van der Waals surface area contributed by atoms with Crippen molar-refractivity contribution in [3.63, 3.8) is 0 Å². The molecule has 1 aliphatic heterocycles. The highest BCUT2D eigenvalue weighted by Gasteiger charge is 2.41. The lowest BCUT2D eigenvalue weighted by atomic mass is 9.82. The summed E-state index contributed by atoms with van der Waals surface area (Å²) in [4.78, 5) is 14.1. The Balaban J connectivity index is 2.20. The van der Waals surface area contributed by atoms with Crippen molar-refractivity contribution >= 4 is 38.9 Å². The molecule has 1 heterocycles. The van der Waals surface area contributed by atoms with Crippen molar-refractivity contribution in [1.82, 2.24) is 0 Å². The Morgan fingerprint density at radius 3 is 2.53 bits per heavy atom. The third-order valence-corrected chi connectivity index (χ3v) is 8.78. The van der Waals surface area contributed by atoms with Gasteiger partial charge in [0.1, 0.15) is 5.75 Å². The van der Waals surface area contributed by atoms with Gasteiger partial charge in [-0.1, -0.05) is 38.5 Å². The number of thioether (sulfide) groups is 1. The lowest BCUT2D eigenvalue weighted by Crippen LogP contribution is -2.37. The van der Waals surface area contributed by atoms with Gasteiger partial charge in [0.2, 0.25) is 0 Å². The Labute approximate surface area is 194 Å². The molecule has 0 fully saturated rings. The van der Waals surface area contributed by atoms with Gasteiger partial charge in [-0.15, -0.1) is 11.8 Å². The maximum Gasteiger partial charge on any atom is 0.306 e. The van der Waals surface area contributed by atoms with Crippen molar-refractivity contribution in [3.05, 3.63) is 42.5 Å². The first-order valence-corrected chi connectivity index (χ1v) is 13.7. The fourth-order valence-corrected chi connectivity index (χ4v) is 7.09. The monoisotopic (exact) mass is 477 g/mol. The second-order valence-corrected chi connectivity index (χ2v) is 11.1. The van der Waals surface area contributed by atoms with Crippen LogP contribution in [0.1, 0.15) is 39.5 Å². The summed E-state index contributed by atoms with van der Waals surface area (Å²) in [5.74, 6) is -0.470. The fraction of sp³-hybridized carbons (Fsp3) is 0.458. The number of nitrogens with zero attached hydrogens (tertiary/aromatic N) is 1. The first kappa shape index (κ1) is 24.5. The standard InChI is InChI=1S/C24H31NO5S2/c1-4-12-24(5-2)16-25(18-9-7-6-8-10-18)19-14-21(31-3)20(30-13-11-23(26)27)15-22(19)32(28,29)17-24/h6-10,14-15H,4-5,11-13,16-17H2,1-3H3,(H,26,27). The zero-order chi connectivity index (χ0) is 23.4. The Morgan fingerprint density at radius 2 is 1.94 bits per heavy atom. The molecular formula is C24H31NO5S2. The zero-order valence-corrected chi connectivity index (χ0v) is 20.5. The van der Waals surface area contributed by atoms with Crippen LogP contribution < -0.4 is 9.64 Å². The van der Waals surface area contributed by atoms with E-state index in [2.05, 4.69) is 18.7 Å². The van der Waals surface area contributed by atoms with Gasteiger partial charge in [-0.3, -0.25) is 4.79 Å². The molecule has 32 heavy (non-hydrogen) atoms. The van der Waals surface area contributed by atoms with E-state index in [-0.39, 0.29) is 29.1 Å². The summed E-state index contributed by atoms with van der Waals surface area (Å²) in [6.07, 6.45) is 4.23. The molecule has 2 aromatic carbocycles. The van der Waals surface area contributed by atoms with Crippen LogP contribution >= 0.6 is 11.8 Å². The van der Waals surface area contributed by atoms with Crippen LogP contribution in [0.5, 0.6) is 5.75 Å². The highest BCUT2D eigenvalue weighted by molar-refractivity contribution is 7.98. The predicted octanol–water partition coefficient (Wildman–Crippen LogP) is 5.38. The van der Waals surface area contributed by atoms with E-state index < -0.39 is 15.8 Å². The first-order chi connectivity index (χ1) is 15.2. The van der Waals surface area contributed by atoms with E-state index in [1.165, 1.54) is 11.8 Å². The molecule has 0 saturated carbocycles. The number of para-hydroxylation sites is 1. The summed E-state index contributed by atoms with van der Waals surface area (Å²) >= 11 is 1.45. The number of rotatable bonds is 9. The van der Waals surface area contributed by atoms with E-state index >= 15 is 0 Å². The number of sulfone groups is 1. The molecule has 174 valence electrons. The molecule has 1 N–H and O–H groups in total. The third kappa shape index (κ3) is 5.23. The van der Waals surface area contributed by atoms with Crippen molar-refractivity contribution < 1.29 is 23.1 Å². The average molecular weight is 478 g/mol. The number of anilines is 2. The van der Waals surface area contributed by atoms with Gasteiger partial charge in [0.25, 0.3) is 0 Å². The van der Waals surface area contributed by atoms with Crippen molar-refractivity contribution in [2.75, 3.05) is 30.1 Å². The molecule has 0 spiro atoms. The Bertz CT molecular complexity index is 1060. The lowest BCUT2D eigenvalue weighted by molar-refractivity contribution is -0.137. The number of carboxylic acid groups (broad SMARTS) is 1. The molecule has 1 unspecified atom stereocenters. The van der Waals surface area contributed by atoms with Crippen LogP contribution in [0.3, 0.4) is 0 Å². The lowest BCUT2D eigenvalue weighted by Gasteiger charge is -2.36. The molecule has 1 atom stereocenters. The topological polar surface area (TPSA) is 83.9 Å². The van der Waals surface area contributed by atoms with Crippen LogP contribution in [-0.2, 0) is 14.6 Å². The van der Waals surface area contributed by atoms with Crippen LogP contribution in [0.2, 0.25) is 0 Å². The zero-order valence-electron chi connectivity index (χ0n) is 18.8. The number of carboxylic acids is 1. The highest BCUT2D eigenvalue weighted by atomic mass is 32.2. The molecule has 6 nitrogen and oxygen atoms in total. The SMILES string of the molecule is CCCC1(CC)CN(c2ccccc2)c2cc(SC)c(OCCC(=O)O)cc2S(=O)(=O)C1. The molecule has 0 aromatic heterocycles. The van der Waals surface area contributed by atoms with Crippen molar-refractivity contribution in [2.24, 2.45) is 5.41 Å². The highest BCUT2D eigenvalue weighted by Crippen LogP contribution is 2.47. The van der Waals surface area contributed by atoms with E-state index in [1.54, 1.807) is 6.07 Å². The number of aliphatic carboxylic acids is 1. The first-order valence-electron chi connectivity index (χ1n) is 10.9. The number of fused-ring (bicyclic) bond motifs is 1. The molecule has 2 aromatic rings. The minimum absolute atomic E-state index is 0.0150. The molecule has 0 bridgehead atoms. The molecule has 0 aliphatic carbocycles. The van der Waals surface area contributed by atoms with Gasteiger partial charge in [-0.2, -0.15) is 0 Å². The van der Waals surface area contributed by atoms with Crippen LogP contribution in [0, 0.1) is 5.41 Å². The van der Waals surface area contributed by atoms with E-state index in [0.29, 0.717) is 18.0 Å². The van der Waals surface area contributed by atoms with Gasteiger partial charge in [-0.05, 0) is 37.3 Å². The summed E-state index contributed by atoms with van der Waals surface area (Å²) in [5.41, 5.74) is 1.23. The van der Waals surface area contributed by atoms with Gasteiger partial charge in [0.05, 0.1) is 34.3 Å². The van der Waals surface area contributed by atoms with E-state index in [1.807, 2.05) is 42.7 Å². The van der Waals surface area contributed by atoms with Crippen LogP contribution in [0.4, 0.5) is 11.4 Å². The fourth-order valence-electron chi connectivity index (χ4n) is 4.37. The second-order valence-electron chi connectivity index (χ2n) is 8.25. The third-order valence-electron chi connectivity index (χ3n) is 6.03. The molecule has 0 saturated heterocycles. The van der Waals surface area contributed by atoms with Crippen LogP contribution in [-0.4, -0.2) is 44.7 Å². The molecule has 0 amide bonds. The van der Waals surface area contributed by atoms with Gasteiger partial charge < -0.3 is 14.7 Å². The molecule has 1 aliphatic rings. The van der Waals surface area contributed by atoms with E-state index in [9.17, 15) is 13.2 Å². The van der Waals surface area contributed by atoms with Gasteiger partial charge >= 0.3 is 5.97 Å². The largest absolute Gasteiger partial charge is 0.492 e. The normalized spacial score (nSPS) is 19.8. The smallest absolute Gasteiger partial charge is 0.306 e. The molecule has 3 rings (SSSR count). The van der Waals surface area contributed by atoms with Crippen LogP contribution in [0.25, 0.3) is 0 Å². The predicted molar refractivity (Wildman–Crippen MR) is 129 cm³/mol. The Morgan fingerprint density at radius 1 is 1.22 bits per heavy atom. The summed E-state index contributed by atoms with van der Waals surface area (Å²) in [6.45, 7) is 4.76. The van der Waals surface area contributed by atoms with Gasteiger partial charge in [0.15, 0.2) is 9.84 Å². The number of hydrogen-bond acceptors (Lipinski definition) is 6. The summed E-state index contributed by atoms with van der Waals surface area (Å²) in [6, 6.07) is 13.3. The van der Waals surface area contributed by atoms with Crippen molar-refractivity contribution in [2.45, 2.75) is 49.3 Å². The molecule has 0 radical (unpaired) electrons. The minimum Gasteiger partial charge on any atom is -0.492 e. The van der Waals surface area contributed by atoms with Gasteiger partial charge in [0, 0.05) is 23.7 Å². The number of benzene rings is 2. The average Bonchev–Trinajstić information content (AvgIpc) is 2.86. The number of hydrogen-bond donors (Lipinski definition) is 1. The second kappa shape index (κ2) is 10.2. The maximum atomic E-state index is 13.7. The molecular weight excluding hydrogens is 446 g/mol. The number of ether oxygens (including phenoxy) is 1. The van der Waals surface area contributed by atoms with Crippen LogP contribution in [0.15, 0.2) is 52.3 Å².